The zero-order chi connectivity index (χ0) is 47.0. The van der Waals surface area contributed by atoms with Crippen LogP contribution in [0.4, 0.5) is 0 Å². The summed E-state index contributed by atoms with van der Waals surface area (Å²) in [5, 5.41) is 5.62. The third kappa shape index (κ3) is 19.7. The summed E-state index contributed by atoms with van der Waals surface area (Å²) in [6.45, 7) is 1.39. The minimum Gasteiger partial charge on any atom is -0.368 e. The zero-order valence-corrected chi connectivity index (χ0v) is 38.8. The number of Topliss-reactive ketones (excluding diaryl/α,β-unsaturated/α-hetero) is 1. The Morgan fingerprint density at radius 1 is 0.625 bits per heavy atom. The summed E-state index contributed by atoms with van der Waals surface area (Å²) in [6.07, 6.45) is 4.31. The van der Waals surface area contributed by atoms with Crippen molar-refractivity contribution in [2.75, 3.05) is 51.6 Å². The van der Waals surface area contributed by atoms with E-state index in [1.165, 1.54) is 4.31 Å². The molecule has 18 heteroatoms. The largest absolute Gasteiger partial charge is 0.368 e. The van der Waals surface area contributed by atoms with Crippen LogP contribution < -0.4 is 33.6 Å². The second-order valence-corrected chi connectivity index (χ2v) is 20.4. The number of amides is 3. The molecule has 0 saturated heterocycles. The lowest BCUT2D eigenvalue weighted by Gasteiger charge is -2.30. The number of carbonyl (C=O) groups excluding carboxylic acids is 4. The van der Waals surface area contributed by atoms with Gasteiger partial charge in [-0.1, -0.05) is 111 Å². The monoisotopic (exact) mass is 926 g/mol. The number of nitrogens with one attached hydrogen (secondary N) is 2. The van der Waals surface area contributed by atoms with Gasteiger partial charge in [0.25, 0.3) is 0 Å². The van der Waals surface area contributed by atoms with Crippen LogP contribution in [0, 0.1) is 11.8 Å². The average molecular weight is 927 g/mol. The molecule has 0 spiro atoms. The van der Waals surface area contributed by atoms with Gasteiger partial charge < -0.3 is 33.6 Å². The zero-order valence-electron chi connectivity index (χ0n) is 37.2. The topological polar surface area (TPSA) is 271 Å². The lowest BCUT2D eigenvalue weighted by molar-refractivity contribution is -0.130. The lowest BCUT2D eigenvalue weighted by atomic mass is 9.92. The number of hydrogen-bond acceptors (Lipinski definition) is 11. The summed E-state index contributed by atoms with van der Waals surface area (Å²) < 4.78 is 57.7. The van der Waals surface area contributed by atoms with Crippen LogP contribution in [-0.4, -0.2) is 113 Å². The van der Waals surface area contributed by atoms with Crippen molar-refractivity contribution in [3.63, 3.8) is 0 Å². The molecule has 3 rings (SSSR count). The van der Waals surface area contributed by atoms with Crippen LogP contribution in [0.2, 0.25) is 0 Å². The fraction of sp³-hybridized carbons (Fsp3) is 0.522. The van der Waals surface area contributed by atoms with E-state index in [1.54, 1.807) is 30.3 Å². The second kappa shape index (κ2) is 28.4. The minimum atomic E-state index is -4.25. The van der Waals surface area contributed by atoms with Gasteiger partial charge >= 0.3 is 0 Å². The highest BCUT2D eigenvalue weighted by atomic mass is 32.2. The molecule has 4 atom stereocenters. The molecular weight excluding hydrogens is 857 g/mol. The Balaban J connectivity index is 2.00. The van der Waals surface area contributed by atoms with Gasteiger partial charge in [-0.3, -0.25) is 19.2 Å². The van der Waals surface area contributed by atoms with E-state index in [0.29, 0.717) is 37.9 Å². The average Bonchev–Trinajstić information content (AvgIpc) is 3.25. The molecule has 0 saturated carbocycles. The molecule has 64 heavy (non-hydrogen) atoms. The molecule has 0 aliphatic heterocycles. The number of ketones is 1. The highest BCUT2D eigenvalue weighted by molar-refractivity contribution is 7.89. The SMILES string of the molecule is CC[C@@H](CCCCN)CN(CC(=O)C[C@@H](Cc1ccccc1)C(=O)N[C@@H](Cc1ccccc1)CN(CC(=O)N[C@@H](CCCCN)C(N)=O)S(=O)(=O)Cc1ccccc1)S(=O)(=O)CCN. The summed E-state index contributed by atoms with van der Waals surface area (Å²) in [6, 6.07) is 24.7. The predicted molar refractivity (Wildman–Crippen MR) is 251 cm³/mol. The molecular formula is C46H70N8O8S2. The van der Waals surface area contributed by atoms with Gasteiger partial charge in [-0.25, -0.2) is 16.8 Å². The van der Waals surface area contributed by atoms with Crippen molar-refractivity contribution >= 4 is 43.6 Å². The third-order valence-corrected chi connectivity index (χ3v) is 14.6. The number of nitrogens with two attached hydrogens (primary N) is 4. The van der Waals surface area contributed by atoms with Crippen molar-refractivity contribution in [3.8, 4) is 0 Å². The Labute approximate surface area is 380 Å². The van der Waals surface area contributed by atoms with Crippen molar-refractivity contribution < 1.29 is 36.0 Å². The van der Waals surface area contributed by atoms with Gasteiger partial charge in [-0.05, 0) is 80.6 Å². The number of benzene rings is 3. The number of sulfonamides is 2. The number of carbonyl (C=O) groups is 4. The number of unbranched alkanes of at least 4 members (excludes halogenated alkanes) is 2. The van der Waals surface area contributed by atoms with Crippen molar-refractivity contribution in [3.05, 3.63) is 108 Å². The van der Waals surface area contributed by atoms with Gasteiger partial charge in [0.2, 0.25) is 37.8 Å². The first-order valence-corrected chi connectivity index (χ1v) is 25.4. The van der Waals surface area contributed by atoms with Crippen molar-refractivity contribution in [1.29, 1.82) is 0 Å². The number of hydrogen-bond donors (Lipinski definition) is 6. The molecule has 0 aliphatic carbocycles. The number of rotatable bonds is 33. The van der Waals surface area contributed by atoms with Crippen LogP contribution in [0.5, 0.6) is 0 Å². The van der Waals surface area contributed by atoms with Crippen LogP contribution in [0.15, 0.2) is 91.0 Å². The molecule has 16 nitrogen and oxygen atoms in total. The smallest absolute Gasteiger partial charge is 0.240 e. The third-order valence-electron chi connectivity index (χ3n) is 11.0. The first-order valence-electron chi connectivity index (χ1n) is 22.2. The molecule has 3 amide bonds. The predicted octanol–water partition coefficient (Wildman–Crippen LogP) is 2.21. The molecule has 3 aromatic rings. The van der Waals surface area contributed by atoms with E-state index in [0.717, 1.165) is 34.7 Å². The van der Waals surface area contributed by atoms with Crippen molar-refractivity contribution in [1.82, 2.24) is 19.2 Å². The Morgan fingerprint density at radius 3 is 1.69 bits per heavy atom. The molecule has 0 radical (unpaired) electrons. The summed E-state index contributed by atoms with van der Waals surface area (Å²) in [5.74, 6) is -4.35. The fourth-order valence-corrected chi connectivity index (χ4v) is 10.3. The standard InChI is InChI=1S/C46H70N8O8S2/c1-2-36(16-12-14-24-47)31-53(63(59,60)27-26-49)33-42(55)30-40(28-37-17-6-3-7-18-37)46(58)51-41(29-38-19-8-4-9-20-38)32-54(64(61,62)35-39-21-10-5-11-22-39)34-44(56)52-43(45(50)57)23-13-15-25-48/h3-11,17-22,36,40-41,43H,2,12-16,23-35,47-49H2,1H3,(H2,50,57)(H,51,58)(H,52,56)/t36-,40+,41-,43-/m0/s1. The van der Waals surface area contributed by atoms with E-state index in [4.69, 9.17) is 22.9 Å². The number of nitrogens with zero attached hydrogens (tertiary/aromatic N) is 2. The summed E-state index contributed by atoms with van der Waals surface area (Å²) in [5.41, 5.74) is 24.6. The molecule has 0 aromatic heterocycles. The summed E-state index contributed by atoms with van der Waals surface area (Å²) in [4.78, 5) is 54.6. The highest BCUT2D eigenvalue weighted by Gasteiger charge is 2.33. The van der Waals surface area contributed by atoms with Gasteiger partial charge in [-0.2, -0.15) is 8.61 Å². The maximum atomic E-state index is 14.6. The van der Waals surface area contributed by atoms with Crippen molar-refractivity contribution in [2.24, 2.45) is 34.8 Å². The first-order chi connectivity index (χ1) is 30.6. The van der Waals surface area contributed by atoms with Crippen LogP contribution in [0.25, 0.3) is 0 Å². The Kier molecular flexibility index (Phi) is 23.8. The van der Waals surface area contributed by atoms with E-state index in [1.807, 2.05) is 67.6 Å². The Hall–Kier alpha value is -4.56. The van der Waals surface area contributed by atoms with Crippen LogP contribution in [-0.2, 0) is 57.8 Å². The molecule has 354 valence electrons. The molecule has 0 heterocycles. The molecule has 3 aromatic carbocycles. The minimum absolute atomic E-state index is 0.0184. The van der Waals surface area contributed by atoms with E-state index in [-0.39, 0.29) is 57.0 Å². The van der Waals surface area contributed by atoms with Crippen LogP contribution in [0.3, 0.4) is 0 Å². The molecule has 0 unspecified atom stereocenters. The highest BCUT2D eigenvalue weighted by Crippen LogP contribution is 2.20. The van der Waals surface area contributed by atoms with Crippen LogP contribution in [0.1, 0.15) is 75.0 Å². The van der Waals surface area contributed by atoms with E-state index in [2.05, 4.69) is 10.6 Å². The van der Waals surface area contributed by atoms with Gasteiger partial charge in [0.1, 0.15) is 11.8 Å². The quantitative estimate of drug-likeness (QED) is 0.0482. The van der Waals surface area contributed by atoms with E-state index < -0.39 is 80.4 Å². The molecule has 0 fully saturated rings. The molecule has 10 N–H and O–H groups in total. The molecule has 0 aliphatic rings. The normalized spacial score (nSPS) is 13.8. The summed E-state index contributed by atoms with van der Waals surface area (Å²) in [7, 11) is -8.17. The van der Waals surface area contributed by atoms with Crippen LogP contribution >= 0.6 is 0 Å². The fourth-order valence-electron chi connectivity index (χ4n) is 7.49. The lowest BCUT2D eigenvalue weighted by Crippen LogP contribution is -2.53. The number of primary amides is 1. The molecule has 0 bridgehead atoms. The van der Waals surface area contributed by atoms with Crippen molar-refractivity contribution in [2.45, 2.75) is 89.0 Å². The van der Waals surface area contributed by atoms with E-state index >= 15 is 0 Å². The first kappa shape index (κ1) is 53.8. The van der Waals surface area contributed by atoms with Gasteiger partial charge in [-0.15, -0.1) is 0 Å². The maximum Gasteiger partial charge on any atom is 0.240 e. The Bertz CT molecular complexity index is 2080. The second-order valence-electron chi connectivity index (χ2n) is 16.3. The van der Waals surface area contributed by atoms with Gasteiger partial charge in [0.05, 0.1) is 24.6 Å². The van der Waals surface area contributed by atoms with Gasteiger partial charge in [0, 0.05) is 38.0 Å². The summed E-state index contributed by atoms with van der Waals surface area (Å²) >= 11 is 0. The Morgan fingerprint density at radius 2 is 1.16 bits per heavy atom. The van der Waals surface area contributed by atoms with E-state index in [9.17, 15) is 36.0 Å². The van der Waals surface area contributed by atoms with Gasteiger partial charge in [0.15, 0.2) is 0 Å². The maximum absolute atomic E-state index is 14.6.